The van der Waals surface area contributed by atoms with Gasteiger partial charge in [0.2, 0.25) is 0 Å². The first kappa shape index (κ1) is 14.5. The van der Waals surface area contributed by atoms with Crippen molar-refractivity contribution in [2.24, 2.45) is 5.92 Å². The maximum atomic E-state index is 5.33. The molecule has 0 unspecified atom stereocenters. The molecule has 3 aromatic heterocycles. The van der Waals surface area contributed by atoms with Crippen LogP contribution in [0, 0.1) is 19.8 Å². The van der Waals surface area contributed by atoms with E-state index in [4.69, 9.17) is 9.05 Å². The van der Waals surface area contributed by atoms with Gasteiger partial charge in [-0.05, 0) is 19.8 Å². The first-order valence-corrected chi connectivity index (χ1v) is 7.32. The summed E-state index contributed by atoms with van der Waals surface area (Å²) in [6.07, 6.45) is 0.884. The molecule has 116 valence electrons. The number of aromatic nitrogens is 4. The van der Waals surface area contributed by atoms with Gasteiger partial charge in [-0.2, -0.15) is 4.98 Å². The lowest BCUT2D eigenvalue weighted by Gasteiger charge is -2.05. The minimum absolute atomic E-state index is 0.494. The quantitative estimate of drug-likeness (QED) is 0.774. The summed E-state index contributed by atoms with van der Waals surface area (Å²) in [5, 5.41) is 12.1. The monoisotopic (exact) mass is 301 g/mol. The third-order valence-corrected chi connectivity index (χ3v) is 3.27. The molecular weight excluding hydrogens is 282 g/mol. The molecule has 1 N–H and O–H groups in total. The zero-order chi connectivity index (χ0) is 15.7. The Hall–Kier alpha value is -2.44. The smallest absolute Gasteiger partial charge is 0.263 e. The van der Waals surface area contributed by atoms with E-state index < -0.39 is 0 Å². The van der Waals surface area contributed by atoms with Gasteiger partial charge in [0.25, 0.3) is 5.71 Å². The minimum atomic E-state index is 0.494. The molecule has 3 rings (SSSR count). The fourth-order valence-corrected chi connectivity index (χ4v) is 2.34. The Labute approximate surface area is 128 Å². The van der Waals surface area contributed by atoms with Crippen LogP contribution in [0.4, 0.5) is 5.82 Å². The summed E-state index contributed by atoms with van der Waals surface area (Å²) >= 11 is 0. The molecule has 0 spiro atoms. The average Bonchev–Trinajstić information content (AvgIpc) is 3.03. The Morgan fingerprint density at radius 1 is 1.14 bits per heavy atom. The lowest BCUT2D eigenvalue weighted by atomic mass is 10.1. The van der Waals surface area contributed by atoms with E-state index in [1.165, 1.54) is 0 Å². The van der Waals surface area contributed by atoms with E-state index >= 15 is 0 Å². The van der Waals surface area contributed by atoms with Gasteiger partial charge in [0, 0.05) is 12.5 Å². The van der Waals surface area contributed by atoms with Crippen LogP contribution in [-0.4, -0.2) is 20.3 Å². The molecule has 0 fully saturated rings. The molecule has 0 aliphatic rings. The van der Waals surface area contributed by atoms with Crippen molar-refractivity contribution in [3.8, 4) is 0 Å². The standard InChI is InChI=1S/C15H19N5O2/c1-8(2)5-12-6-11(20-21-12)7-16-14-13-9(3)19-22-15(13)18-10(4)17-14/h6,8H,5,7H2,1-4H3,(H,16,17,18). The van der Waals surface area contributed by atoms with Gasteiger partial charge in [-0.15, -0.1) is 0 Å². The van der Waals surface area contributed by atoms with Crippen molar-refractivity contribution in [2.75, 3.05) is 5.32 Å². The number of fused-ring (bicyclic) bond motifs is 1. The molecule has 22 heavy (non-hydrogen) atoms. The van der Waals surface area contributed by atoms with E-state index in [9.17, 15) is 0 Å². The van der Waals surface area contributed by atoms with Crippen molar-refractivity contribution in [3.63, 3.8) is 0 Å². The highest BCUT2D eigenvalue weighted by molar-refractivity contribution is 5.87. The Morgan fingerprint density at radius 3 is 2.73 bits per heavy atom. The zero-order valence-electron chi connectivity index (χ0n) is 13.2. The number of nitrogens with one attached hydrogen (secondary N) is 1. The fourth-order valence-electron chi connectivity index (χ4n) is 2.34. The fraction of sp³-hybridized carbons (Fsp3) is 0.467. The number of hydrogen-bond acceptors (Lipinski definition) is 7. The number of anilines is 1. The van der Waals surface area contributed by atoms with Crippen LogP contribution in [0.2, 0.25) is 0 Å². The highest BCUT2D eigenvalue weighted by Gasteiger charge is 2.14. The van der Waals surface area contributed by atoms with E-state index in [-0.39, 0.29) is 0 Å². The molecule has 0 aromatic carbocycles. The van der Waals surface area contributed by atoms with Crippen LogP contribution in [0.1, 0.15) is 36.8 Å². The maximum absolute atomic E-state index is 5.33. The number of rotatable bonds is 5. The van der Waals surface area contributed by atoms with Crippen LogP contribution in [0.3, 0.4) is 0 Å². The van der Waals surface area contributed by atoms with Crippen LogP contribution in [0.25, 0.3) is 11.1 Å². The summed E-state index contributed by atoms with van der Waals surface area (Å²) in [6, 6.07) is 1.97. The number of hydrogen-bond donors (Lipinski definition) is 1. The third-order valence-electron chi connectivity index (χ3n) is 3.27. The third kappa shape index (κ3) is 2.93. The summed E-state index contributed by atoms with van der Waals surface area (Å²) in [7, 11) is 0. The van der Waals surface area contributed by atoms with Gasteiger partial charge in [0.15, 0.2) is 0 Å². The predicted octanol–water partition coefficient (Wildman–Crippen LogP) is 3.03. The Balaban J connectivity index is 1.79. The highest BCUT2D eigenvalue weighted by atomic mass is 16.5. The van der Waals surface area contributed by atoms with Crippen LogP contribution >= 0.6 is 0 Å². The summed E-state index contributed by atoms with van der Waals surface area (Å²) < 4.78 is 10.5. The van der Waals surface area contributed by atoms with Crippen molar-refractivity contribution >= 4 is 16.9 Å². The highest BCUT2D eigenvalue weighted by Crippen LogP contribution is 2.24. The van der Waals surface area contributed by atoms with Gasteiger partial charge in [0.05, 0.1) is 12.2 Å². The zero-order valence-corrected chi connectivity index (χ0v) is 13.2. The molecule has 0 aliphatic carbocycles. The van der Waals surface area contributed by atoms with Crippen molar-refractivity contribution in [2.45, 2.75) is 40.7 Å². The minimum Gasteiger partial charge on any atom is -0.363 e. The largest absolute Gasteiger partial charge is 0.363 e. The van der Waals surface area contributed by atoms with Crippen LogP contribution in [0.15, 0.2) is 15.1 Å². The average molecular weight is 301 g/mol. The molecule has 3 heterocycles. The summed E-state index contributed by atoms with van der Waals surface area (Å²) in [4.78, 5) is 8.66. The first-order chi connectivity index (χ1) is 10.5. The predicted molar refractivity (Wildman–Crippen MR) is 81.4 cm³/mol. The maximum Gasteiger partial charge on any atom is 0.263 e. The number of aryl methyl sites for hydroxylation is 2. The van der Waals surface area contributed by atoms with Crippen molar-refractivity contribution in [1.29, 1.82) is 0 Å². The van der Waals surface area contributed by atoms with Gasteiger partial charge in [-0.3, -0.25) is 0 Å². The van der Waals surface area contributed by atoms with Gasteiger partial charge in [-0.25, -0.2) is 4.98 Å². The second kappa shape index (κ2) is 5.75. The van der Waals surface area contributed by atoms with E-state index in [0.29, 0.717) is 29.8 Å². The van der Waals surface area contributed by atoms with E-state index in [1.807, 2.05) is 19.9 Å². The molecule has 7 heteroatoms. The topological polar surface area (TPSA) is 89.9 Å². The molecule has 7 nitrogen and oxygen atoms in total. The van der Waals surface area contributed by atoms with Crippen LogP contribution in [-0.2, 0) is 13.0 Å². The van der Waals surface area contributed by atoms with Crippen LogP contribution < -0.4 is 5.32 Å². The van der Waals surface area contributed by atoms with E-state index in [0.717, 1.165) is 29.0 Å². The van der Waals surface area contributed by atoms with E-state index in [2.05, 4.69) is 39.4 Å². The molecule has 0 bridgehead atoms. The molecular formula is C15H19N5O2. The lowest BCUT2D eigenvalue weighted by Crippen LogP contribution is -2.04. The van der Waals surface area contributed by atoms with Gasteiger partial charge in [-0.1, -0.05) is 24.2 Å². The molecule has 0 aliphatic heterocycles. The van der Waals surface area contributed by atoms with Crippen molar-refractivity contribution in [3.05, 3.63) is 29.0 Å². The molecule has 0 saturated carbocycles. The molecule has 0 saturated heterocycles. The van der Waals surface area contributed by atoms with Crippen molar-refractivity contribution < 1.29 is 9.05 Å². The molecule has 0 amide bonds. The Morgan fingerprint density at radius 2 is 1.95 bits per heavy atom. The Bertz CT molecular complexity index is 790. The van der Waals surface area contributed by atoms with Crippen molar-refractivity contribution in [1.82, 2.24) is 20.3 Å². The summed E-state index contributed by atoms with van der Waals surface area (Å²) in [5.74, 6) is 2.77. The Kier molecular flexibility index (Phi) is 3.79. The van der Waals surface area contributed by atoms with Gasteiger partial charge < -0.3 is 14.4 Å². The molecule has 0 atom stereocenters. The normalized spacial score (nSPS) is 11.5. The summed E-state index contributed by atoms with van der Waals surface area (Å²) in [6.45, 7) is 8.51. The number of nitrogens with zero attached hydrogens (tertiary/aromatic N) is 4. The van der Waals surface area contributed by atoms with E-state index in [1.54, 1.807) is 0 Å². The van der Waals surface area contributed by atoms with Gasteiger partial charge >= 0.3 is 0 Å². The lowest BCUT2D eigenvalue weighted by molar-refractivity contribution is 0.364. The second-order valence-electron chi connectivity index (χ2n) is 5.80. The van der Waals surface area contributed by atoms with Gasteiger partial charge in [0.1, 0.15) is 28.5 Å². The summed E-state index contributed by atoms with van der Waals surface area (Å²) in [5.41, 5.74) is 2.10. The molecule has 3 aromatic rings. The first-order valence-electron chi connectivity index (χ1n) is 7.32. The molecule has 0 radical (unpaired) electrons. The second-order valence-corrected chi connectivity index (χ2v) is 5.80. The van der Waals surface area contributed by atoms with Crippen LogP contribution in [0.5, 0.6) is 0 Å². The SMILES string of the molecule is Cc1nc(NCc2cc(CC(C)C)on2)c2c(C)noc2n1.